The number of hydrogen-bond donors (Lipinski definition) is 2. The van der Waals surface area contributed by atoms with Crippen molar-refractivity contribution < 1.29 is 19.8 Å². The lowest BCUT2D eigenvalue weighted by Crippen LogP contribution is -2.10. The Balaban J connectivity index is 0.000000303. The van der Waals surface area contributed by atoms with Crippen LogP contribution in [0.25, 0.3) is 11.4 Å². The molecule has 0 spiro atoms. The zero-order valence-electron chi connectivity index (χ0n) is 19.2. The summed E-state index contributed by atoms with van der Waals surface area (Å²) in [6, 6.07) is 11.5. The largest absolute Gasteiger partial charge is 0.478 e. The molecule has 2 N–H and O–H groups in total. The zero-order valence-corrected chi connectivity index (χ0v) is 19.2. The summed E-state index contributed by atoms with van der Waals surface area (Å²) in [4.78, 5) is 31.1. The van der Waals surface area contributed by atoms with Gasteiger partial charge in [0.05, 0.1) is 22.5 Å². The van der Waals surface area contributed by atoms with Crippen molar-refractivity contribution in [2.24, 2.45) is 0 Å². The van der Waals surface area contributed by atoms with Crippen molar-refractivity contribution in [3.63, 3.8) is 0 Å². The smallest absolute Gasteiger partial charge is 0.336 e. The monoisotopic (exact) mass is 434 g/mol. The number of aromatic carboxylic acids is 2. The van der Waals surface area contributed by atoms with Gasteiger partial charge in [-0.25, -0.2) is 9.59 Å². The first-order valence-electron chi connectivity index (χ1n) is 10.7. The predicted molar refractivity (Wildman–Crippen MR) is 125 cm³/mol. The van der Waals surface area contributed by atoms with Gasteiger partial charge in [-0.2, -0.15) is 0 Å². The summed E-state index contributed by atoms with van der Waals surface area (Å²) in [5, 5.41) is 18.5. The van der Waals surface area contributed by atoms with Gasteiger partial charge in [0.2, 0.25) is 0 Å². The molecular formula is C26H30N2O4. The van der Waals surface area contributed by atoms with Gasteiger partial charge in [-0.3, -0.25) is 9.97 Å². The third kappa shape index (κ3) is 6.00. The molecule has 0 aliphatic rings. The van der Waals surface area contributed by atoms with E-state index in [9.17, 15) is 14.7 Å². The highest BCUT2D eigenvalue weighted by molar-refractivity contribution is 5.93. The van der Waals surface area contributed by atoms with Crippen molar-refractivity contribution in [2.75, 3.05) is 0 Å². The number of carboxylic acids is 2. The fourth-order valence-electron chi connectivity index (χ4n) is 3.34. The van der Waals surface area contributed by atoms with Crippen molar-refractivity contribution in [2.45, 2.75) is 53.4 Å². The van der Waals surface area contributed by atoms with E-state index in [2.05, 4.69) is 55.0 Å². The van der Waals surface area contributed by atoms with Gasteiger partial charge in [-0.1, -0.05) is 57.5 Å². The van der Waals surface area contributed by atoms with Crippen LogP contribution in [0.15, 0.2) is 48.8 Å². The van der Waals surface area contributed by atoms with Gasteiger partial charge in [0.1, 0.15) is 0 Å². The van der Waals surface area contributed by atoms with Crippen molar-refractivity contribution in [1.82, 2.24) is 9.97 Å². The minimum atomic E-state index is -1.06. The average Bonchev–Trinajstić information content (AvgIpc) is 2.78. The van der Waals surface area contributed by atoms with Crippen molar-refractivity contribution in [1.29, 1.82) is 0 Å². The molecule has 0 radical (unpaired) electrons. The zero-order chi connectivity index (χ0) is 23.8. The van der Waals surface area contributed by atoms with E-state index in [4.69, 9.17) is 5.11 Å². The number of carbonyl (C=O) groups is 2. The number of benzene rings is 1. The first-order chi connectivity index (χ1) is 15.2. The van der Waals surface area contributed by atoms with E-state index in [1.54, 1.807) is 0 Å². The highest BCUT2D eigenvalue weighted by Crippen LogP contribution is 2.26. The second-order valence-electron chi connectivity index (χ2n) is 7.80. The molecule has 0 unspecified atom stereocenters. The molecule has 0 bridgehead atoms. The summed E-state index contributed by atoms with van der Waals surface area (Å²) in [7, 11) is 0. The van der Waals surface area contributed by atoms with E-state index < -0.39 is 11.9 Å². The van der Waals surface area contributed by atoms with E-state index in [0.29, 0.717) is 41.3 Å². The maximum absolute atomic E-state index is 11.6. The molecule has 0 atom stereocenters. The van der Waals surface area contributed by atoms with Gasteiger partial charge in [-0.15, -0.1) is 0 Å². The third-order valence-corrected chi connectivity index (χ3v) is 5.20. The summed E-state index contributed by atoms with van der Waals surface area (Å²) >= 11 is 0. The number of aromatic nitrogens is 2. The number of hydrogen-bond acceptors (Lipinski definition) is 4. The topological polar surface area (TPSA) is 100 Å². The summed E-state index contributed by atoms with van der Waals surface area (Å²) in [5.41, 5.74) is 5.09. The molecule has 2 aromatic heterocycles. The van der Waals surface area contributed by atoms with Crippen molar-refractivity contribution in [3.05, 3.63) is 82.2 Å². The minimum absolute atomic E-state index is 0.0882. The lowest BCUT2D eigenvalue weighted by Gasteiger charge is -2.13. The van der Waals surface area contributed by atoms with Crippen LogP contribution in [-0.2, 0) is 12.8 Å². The molecule has 3 aromatic rings. The van der Waals surface area contributed by atoms with Crippen LogP contribution in [0.4, 0.5) is 0 Å². The number of aryl methyl sites for hydroxylation is 2. The highest BCUT2D eigenvalue weighted by Gasteiger charge is 2.20. The Labute approximate surface area is 189 Å². The molecule has 32 heavy (non-hydrogen) atoms. The van der Waals surface area contributed by atoms with Gasteiger partial charge < -0.3 is 10.2 Å². The van der Waals surface area contributed by atoms with Gasteiger partial charge in [0.25, 0.3) is 0 Å². The summed E-state index contributed by atoms with van der Waals surface area (Å²) in [6.45, 7) is 10.2. The standard InChI is InChI=1S/C16H16N2O4.C10H14/c1-3-9-8-18-14(11(4-2)13(9)16(21)22)12-7-10(15(19)20)5-6-17-12;1-8(2)10-6-4-9(3)5-7-10/h5-8H,3-4H2,1-2H3,(H,19,20)(H,21,22);4-8H,1-3H3. The maximum atomic E-state index is 11.6. The van der Waals surface area contributed by atoms with E-state index >= 15 is 0 Å². The van der Waals surface area contributed by atoms with Crippen LogP contribution < -0.4 is 0 Å². The fourth-order valence-corrected chi connectivity index (χ4v) is 3.34. The average molecular weight is 435 g/mol. The summed E-state index contributed by atoms with van der Waals surface area (Å²) in [5.74, 6) is -1.42. The molecule has 0 saturated heterocycles. The molecule has 0 saturated carbocycles. The van der Waals surface area contributed by atoms with Gasteiger partial charge in [0.15, 0.2) is 0 Å². The van der Waals surface area contributed by atoms with E-state index in [1.807, 2.05) is 13.8 Å². The quantitative estimate of drug-likeness (QED) is 0.510. The van der Waals surface area contributed by atoms with Crippen molar-refractivity contribution in [3.8, 4) is 11.4 Å². The number of pyridine rings is 2. The Hall–Kier alpha value is -3.54. The third-order valence-electron chi connectivity index (χ3n) is 5.20. The molecule has 0 aliphatic heterocycles. The molecule has 2 heterocycles. The maximum Gasteiger partial charge on any atom is 0.336 e. The molecule has 6 heteroatoms. The number of carboxylic acid groups (broad SMARTS) is 2. The Morgan fingerprint density at radius 2 is 1.59 bits per heavy atom. The molecule has 0 aliphatic carbocycles. The van der Waals surface area contributed by atoms with Crippen LogP contribution in [-0.4, -0.2) is 32.1 Å². The van der Waals surface area contributed by atoms with Crippen LogP contribution in [0.5, 0.6) is 0 Å². The van der Waals surface area contributed by atoms with Gasteiger partial charge in [-0.05, 0) is 54.5 Å². The number of nitrogens with zero attached hydrogens (tertiary/aromatic N) is 2. The van der Waals surface area contributed by atoms with Gasteiger partial charge >= 0.3 is 11.9 Å². The first-order valence-corrected chi connectivity index (χ1v) is 10.7. The van der Waals surface area contributed by atoms with Crippen LogP contribution in [0.3, 0.4) is 0 Å². The van der Waals surface area contributed by atoms with E-state index in [1.165, 1.54) is 35.7 Å². The second-order valence-corrected chi connectivity index (χ2v) is 7.80. The minimum Gasteiger partial charge on any atom is -0.478 e. The Bertz CT molecular complexity index is 1090. The Kier molecular flexibility index (Phi) is 8.64. The SMILES string of the molecule is CCc1cnc(-c2cc(C(=O)O)ccn2)c(CC)c1C(=O)O.Cc1ccc(C(C)C)cc1. The van der Waals surface area contributed by atoms with Crippen LogP contribution in [0.1, 0.15) is 76.6 Å². The normalized spacial score (nSPS) is 10.4. The molecule has 0 amide bonds. The van der Waals surface area contributed by atoms with E-state index in [-0.39, 0.29) is 11.1 Å². The van der Waals surface area contributed by atoms with Crippen LogP contribution >= 0.6 is 0 Å². The van der Waals surface area contributed by atoms with Crippen LogP contribution in [0.2, 0.25) is 0 Å². The number of rotatable bonds is 6. The summed E-state index contributed by atoms with van der Waals surface area (Å²) < 4.78 is 0. The lowest BCUT2D eigenvalue weighted by molar-refractivity contribution is 0.0684. The van der Waals surface area contributed by atoms with Crippen molar-refractivity contribution >= 4 is 11.9 Å². The van der Waals surface area contributed by atoms with E-state index in [0.717, 1.165) is 0 Å². The summed E-state index contributed by atoms with van der Waals surface area (Å²) in [6.07, 6.45) is 3.93. The first kappa shape index (κ1) is 24.7. The molecular weight excluding hydrogens is 404 g/mol. The molecule has 3 rings (SSSR count). The molecule has 6 nitrogen and oxygen atoms in total. The Morgan fingerprint density at radius 1 is 0.938 bits per heavy atom. The second kappa shape index (κ2) is 11.2. The van der Waals surface area contributed by atoms with Crippen LogP contribution in [0, 0.1) is 6.92 Å². The predicted octanol–water partition coefficient (Wildman–Crippen LogP) is 5.78. The fraction of sp³-hybridized carbons (Fsp3) is 0.308. The molecule has 0 fully saturated rings. The van der Waals surface area contributed by atoms with Gasteiger partial charge in [0, 0.05) is 12.4 Å². The Morgan fingerprint density at radius 3 is 2.09 bits per heavy atom. The molecule has 168 valence electrons. The lowest BCUT2D eigenvalue weighted by atomic mass is 9.96. The highest BCUT2D eigenvalue weighted by atomic mass is 16.4. The molecule has 1 aromatic carbocycles.